The number of pyridine rings is 1. The van der Waals surface area contributed by atoms with Gasteiger partial charge in [-0.1, -0.05) is 0 Å². The van der Waals surface area contributed by atoms with E-state index in [2.05, 4.69) is 4.98 Å². The number of aromatic carboxylic acids is 1. The minimum absolute atomic E-state index is 0.0601. The van der Waals surface area contributed by atoms with Gasteiger partial charge in [0.1, 0.15) is 17.2 Å². The first-order chi connectivity index (χ1) is 8.80. The summed E-state index contributed by atoms with van der Waals surface area (Å²) in [5.74, 6) is -2.04. The molecule has 0 radical (unpaired) electrons. The summed E-state index contributed by atoms with van der Waals surface area (Å²) in [4.78, 5) is 16.5. The molecule has 1 saturated heterocycles. The Kier molecular flexibility index (Phi) is 3.44. The normalized spacial score (nSPS) is 22.2. The van der Waals surface area contributed by atoms with Crippen molar-refractivity contribution in [1.29, 1.82) is 0 Å². The highest BCUT2D eigenvalue weighted by Gasteiger charge is 2.31. The van der Waals surface area contributed by atoms with Crippen molar-refractivity contribution in [2.45, 2.75) is 13.0 Å². The number of rotatable bonds is 2. The summed E-state index contributed by atoms with van der Waals surface area (Å²) in [6.07, 6.45) is 0.928. The van der Waals surface area contributed by atoms with Crippen LogP contribution in [0.3, 0.4) is 0 Å². The van der Waals surface area contributed by atoms with Gasteiger partial charge in [0.2, 0.25) is 0 Å². The predicted molar refractivity (Wildman–Crippen MR) is 66.6 cm³/mol. The molecule has 2 rings (SSSR count). The highest BCUT2D eigenvalue weighted by Crippen LogP contribution is 2.24. The third-order valence-electron chi connectivity index (χ3n) is 3.01. The molecule has 19 heavy (non-hydrogen) atoms. The molecule has 6 nitrogen and oxygen atoms in total. The van der Waals surface area contributed by atoms with E-state index in [0.29, 0.717) is 0 Å². The lowest BCUT2D eigenvalue weighted by Crippen LogP contribution is -2.47. The van der Waals surface area contributed by atoms with E-state index in [0.717, 1.165) is 12.3 Å². The monoisotopic (exact) mass is 288 g/mol. The number of carboxylic acid groups (broad SMARTS) is 1. The number of carboxylic acids is 1. The van der Waals surface area contributed by atoms with Gasteiger partial charge in [-0.15, -0.1) is 0 Å². The first-order valence-electron chi connectivity index (χ1n) is 5.66. The number of sulfone groups is 1. The summed E-state index contributed by atoms with van der Waals surface area (Å²) in [6, 6.07) is 0.496. The summed E-state index contributed by atoms with van der Waals surface area (Å²) in [5, 5.41) is 9.06. The van der Waals surface area contributed by atoms with E-state index in [4.69, 9.17) is 5.11 Å². The van der Waals surface area contributed by atoms with E-state index in [1.165, 1.54) is 0 Å². The summed E-state index contributed by atoms with van der Waals surface area (Å²) < 4.78 is 36.0. The molecule has 0 aromatic carbocycles. The number of hydrogen-bond acceptors (Lipinski definition) is 5. The van der Waals surface area contributed by atoms with Crippen molar-refractivity contribution in [3.63, 3.8) is 0 Å². The van der Waals surface area contributed by atoms with E-state index in [-0.39, 0.29) is 29.4 Å². The largest absolute Gasteiger partial charge is 0.478 e. The highest BCUT2D eigenvalue weighted by atomic mass is 32.2. The van der Waals surface area contributed by atoms with Gasteiger partial charge in [-0.05, 0) is 13.0 Å². The summed E-state index contributed by atoms with van der Waals surface area (Å²) >= 11 is 0. The van der Waals surface area contributed by atoms with Gasteiger partial charge < -0.3 is 10.0 Å². The van der Waals surface area contributed by atoms with Crippen LogP contribution in [-0.4, -0.2) is 48.6 Å². The van der Waals surface area contributed by atoms with Crippen LogP contribution in [0.1, 0.15) is 17.3 Å². The maximum absolute atomic E-state index is 13.1. The molecule has 1 unspecified atom stereocenters. The average Bonchev–Trinajstić information content (AvgIpc) is 2.28. The average molecular weight is 288 g/mol. The fourth-order valence-electron chi connectivity index (χ4n) is 2.13. The molecular formula is C11H13FN2O4S. The van der Waals surface area contributed by atoms with Crippen LogP contribution < -0.4 is 4.90 Å². The molecule has 2 heterocycles. The number of aromatic nitrogens is 1. The molecular weight excluding hydrogens is 275 g/mol. The molecule has 1 aliphatic rings. The Hall–Kier alpha value is -1.70. The van der Waals surface area contributed by atoms with E-state index in [1.54, 1.807) is 11.8 Å². The second-order valence-electron chi connectivity index (χ2n) is 4.49. The van der Waals surface area contributed by atoms with Gasteiger partial charge in [0.05, 0.1) is 17.7 Å². The number of anilines is 1. The number of nitrogens with zero attached hydrogens (tertiary/aromatic N) is 2. The first kappa shape index (κ1) is 13.7. The van der Waals surface area contributed by atoms with Crippen LogP contribution in [0.25, 0.3) is 0 Å². The van der Waals surface area contributed by atoms with Crippen molar-refractivity contribution < 1.29 is 22.7 Å². The third kappa shape index (κ3) is 2.83. The predicted octanol–water partition coefficient (Wildman–Crippen LogP) is 0.542. The van der Waals surface area contributed by atoms with E-state index >= 15 is 0 Å². The van der Waals surface area contributed by atoms with Gasteiger partial charge in [-0.3, -0.25) is 0 Å². The molecule has 1 aromatic heterocycles. The minimum Gasteiger partial charge on any atom is -0.478 e. The topological polar surface area (TPSA) is 87.6 Å². The van der Waals surface area contributed by atoms with E-state index < -0.39 is 27.7 Å². The zero-order valence-corrected chi connectivity index (χ0v) is 11.0. The van der Waals surface area contributed by atoms with Crippen molar-refractivity contribution in [2.24, 2.45) is 0 Å². The summed E-state index contributed by atoms with van der Waals surface area (Å²) in [6.45, 7) is 1.83. The Morgan fingerprint density at radius 1 is 1.58 bits per heavy atom. The van der Waals surface area contributed by atoms with Gasteiger partial charge in [0.15, 0.2) is 9.84 Å². The van der Waals surface area contributed by atoms with Gasteiger partial charge in [-0.25, -0.2) is 22.6 Å². The Morgan fingerprint density at radius 2 is 2.26 bits per heavy atom. The van der Waals surface area contributed by atoms with Crippen molar-refractivity contribution >= 4 is 21.6 Å². The quantitative estimate of drug-likeness (QED) is 0.854. The zero-order valence-electron chi connectivity index (χ0n) is 10.2. The first-order valence-corrected chi connectivity index (χ1v) is 7.48. The molecule has 0 bridgehead atoms. The standard InChI is InChI=1S/C11H13FN2O4S/c1-7-6-19(17,18)3-2-14(7)10-9(11(15)16)4-8(12)5-13-10/h4-5,7H,2-3,6H2,1H3,(H,15,16). The SMILES string of the molecule is CC1CS(=O)(=O)CCN1c1ncc(F)cc1C(=O)O. The van der Waals surface area contributed by atoms with Crippen LogP contribution in [0, 0.1) is 5.82 Å². The molecule has 1 aromatic rings. The maximum Gasteiger partial charge on any atom is 0.339 e. The smallest absolute Gasteiger partial charge is 0.339 e. The number of halogens is 1. The maximum atomic E-state index is 13.1. The lowest BCUT2D eigenvalue weighted by molar-refractivity contribution is 0.0696. The number of carbonyl (C=O) groups is 1. The van der Waals surface area contributed by atoms with E-state index in [9.17, 15) is 17.6 Å². The van der Waals surface area contributed by atoms with Crippen LogP contribution in [-0.2, 0) is 9.84 Å². The van der Waals surface area contributed by atoms with Crippen molar-refractivity contribution in [3.05, 3.63) is 23.6 Å². The Labute approximate surface area is 109 Å². The lowest BCUT2D eigenvalue weighted by atomic mass is 10.2. The number of hydrogen-bond donors (Lipinski definition) is 1. The van der Waals surface area contributed by atoms with E-state index in [1.807, 2.05) is 0 Å². The van der Waals surface area contributed by atoms with Gasteiger partial charge in [0, 0.05) is 12.6 Å². The molecule has 1 atom stereocenters. The highest BCUT2D eigenvalue weighted by molar-refractivity contribution is 7.91. The van der Waals surface area contributed by atoms with Crippen molar-refractivity contribution in [2.75, 3.05) is 23.0 Å². The molecule has 8 heteroatoms. The lowest BCUT2D eigenvalue weighted by Gasteiger charge is -2.34. The molecule has 0 aliphatic carbocycles. The Bertz CT molecular complexity index is 617. The molecule has 104 valence electrons. The van der Waals surface area contributed by atoms with Crippen LogP contribution in [0.2, 0.25) is 0 Å². The van der Waals surface area contributed by atoms with Crippen LogP contribution in [0.5, 0.6) is 0 Å². The van der Waals surface area contributed by atoms with Crippen LogP contribution >= 0.6 is 0 Å². The van der Waals surface area contributed by atoms with Crippen molar-refractivity contribution in [1.82, 2.24) is 4.98 Å². The zero-order chi connectivity index (χ0) is 14.2. The molecule has 1 fully saturated rings. The van der Waals surface area contributed by atoms with Crippen LogP contribution in [0.4, 0.5) is 10.2 Å². The fourth-order valence-corrected chi connectivity index (χ4v) is 3.69. The molecule has 1 N–H and O–H groups in total. The summed E-state index contributed by atoms with van der Waals surface area (Å²) in [5.41, 5.74) is -0.258. The Morgan fingerprint density at radius 3 is 2.84 bits per heavy atom. The minimum atomic E-state index is -3.11. The van der Waals surface area contributed by atoms with Crippen LogP contribution in [0.15, 0.2) is 12.3 Å². The summed E-state index contributed by atoms with van der Waals surface area (Å²) in [7, 11) is -3.11. The van der Waals surface area contributed by atoms with Crippen molar-refractivity contribution in [3.8, 4) is 0 Å². The second-order valence-corrected chi connectivity index (χ2v) is 6.72. The fraction of sp³-hybridized carbons (Fsp3) is 0.455. The second kappa shape index (κ2) is 4.76. The molecule has 1 aliphatic heterocycles. The Balaban J connectivity index is 2.40. The van der Waals surface area contributed by atoms with Gasteiger partial charge in [-0.2, -0.15) is 0 Å². The molecule has 0 amide bonds. The van der Waals surface area contributed by atoms with Gasteiger partial charge >= 0.3 is 5.97 Å². The molecule has 0 spiro atoms. The van der Waals surface area contributed by atoms with Gasteiger partial charge in [0.25, 0.3) is 0 Å². The third-order valence-corrected chi connectivity index (χ3v) is 4.80. The molecule has 0 saturated carbocycles.